The first kappa shape index (κ1) is 25.6. The van der Waals surface area contributed by atoms with E-state index < -0.39 is 0 Å². The normalized spacial score (nSPS) is 9.36. The summed E-state index contributed by atoms with van der Waals surface area (Å²) in [7, 11) is 0. The number of aryl methyl sites for hydroxylation is 1. The van der Waals surface area contributed by atoms with Gasteiger partial charge >= 0.3 is 0 Å². The molecule has 0 bridgehead atoms. The van der Waals surface area contributed by atoms with Crippen molar-refractivity contribution in [3.05, 3.63) is 65.5 Å². The monoisotopic (exact) mass is 390 g/mol. The minimum atomic E-state index is -0.261. The number of hydrogen-bond donors (Lipinski definition) is 2. The lowest BCUT2D eigenvalue weighted by Gasteiger charge is -2.07. The molecule has 156 valence electrons. The second-order valence-corrected chi connectivity index (χ2v) is 6.36. The largest absolute Gasteiger partial charge is 0.489 e. The van der Waals surface area contributed by atoms with Crippen LogP contribution in [-0.2, 0) is 11.4 Å². The molecular weight excluding hydrogens is 355 g/mol. The predicted molar refractivity (Wildman–Crippen MR) is 115 cm³/mol. The van der Waals surface area contributed by atoms with Crippen LogP contribution in [-0.4, -0.2) is 19.0 Å². The molecule has 0 radical (unpaired) electrons. The summed E-state index contributed by atoms with van der Waals surface area (Å²) >= 11 is 0. The van der Waals surface area contributed by atoms with Crippen molar-refractivity contribution in [1.82, 2.24) is 5.32 Å². The molecule has 5 heteroatoms. The van der Waals surface area contributed by atoms with Crippen LogP contribution in [0, 0.1) is 12.7 Å². The zero-order valence-corrected chi connectivity index (χ0v) is 17.6. The number of rotatable bonds is 7. The average molecular weight is 391 g/mol. The van der Waals surface area contributed by atoms with E-state index in [-0.39, 0.29) is 11.7 Å². The van der Waals surface area contributed by atoms with E-state index in [9.17, 15) is 9.18 Å². The van der Waals surface area contributed by atoms with Gasteiger partial charge in [-0.1, -0.05) is 57.0 Å². The van der Waals surface area contributed by atoms with Crippen molar-refractivity contribution in [3.63, 3.8) is 0 Å². The summed E-state index contributed by atoms with van der Waals surface area (Å²) < 4.78 is 18.6. The molecule has 0 heterocycles. The summed E-state index contributed by atoms with van der Waals surface area (Å²) in [6.45, 7) is 9.50. The van der Waals surface area contributed by atoms with E-state index in [1.54, 1.807) is 0 Å². The summed E-state index contributed by atoms with van der Waals surface area (Å²) in [4.78, 5) is 10.2. The third-order valence-corrected chi connectivity index (χ3v) is 3.52. The molecule has 0 saturated heterocycles. The molecular formula is C23H35FN2O2. The molecule has 4 nitrogen and oxygen atoms in total. The summed E-state index contributed by atoms with van der Waals surface area (Å²) in [5, 5.41) is 2.63. The maximum Gasteiger partial charge on any atom is 0.216 e. The quantitative estimate of drug-likeness (QED) is 0.655. The molecule has 0 spiro atoms. The molecule has 2 aromatic rings. The molecule has 0 aliphatic heterocycles. The number of ether oxygens (including phenoxy) is 1. The van der Waals surface area contributed by atoms with Gasteiger partial charge in [0, 0.05) is 19.5 Å². The van der Waals surface area contributed by atoms with Gasteiger partial charge in [0.05, 0.1) is 0 Å². The lowest BCUT2D eigenvalue weighted by Crippen LogP contribution is -2.22. The van der Waals surface area contributed by atoms with Crippen molar-refractivity contribution in [2.45, 2.75) is 53.6 Å². The standard InChI is InChI=1S/C14H13FO.C5H12N2O.C4H10/c1-11-7-13(15)9-14(8-11)16-10-12-5-3-2-4-6-12;1-5(8)7-4-2-3-6;1-3-4-2/h2-9H,10H2,1H3;2-4,6H2,1H3,(H,7,8);3-4H2,1-2H3. The molecule has 0 saturated carbocycles. The summed E-state index contributed by atoms with van der Waals surface area (Å²) in [6.07, 6.45) is 3.50. The number of nitrogens with one attached hydrogen (secondary N) is 1. The molecule has 2 rings (SSSR count). The van der Waals surface area contributed by atoms with Crippen LogP contribution in [0.2, 0.25) is 0 Å². The fourth-order valence-corrected chi connectivity index (χ4v) is 1.89. The number of nitrogens with two attached hydrogens (primary N) is 1. The van der Waals surface area contributed by atoms with Gasteiger partial charge in [0.2, 0.25) is 5.91 Å². The van der Waals surface area contributed by atoms with Crippen molar-refractivity contribution >= 4 is 5.91 Å². The molecule has 0 unspecified atom stereocenters. The highest BCUT2D eigenvalue weighted by Crippen LogP contribution is 2.17. The average Bonchev–Trinajstić information content (AvgIpc) is 2.67. The topological polar surface area (TPSA) is 64.4 Å². The Morgan fingerprint density at radius 1 is 1.11 bits per heavy atom. The maximum absolute atomic E-state index is 13.1. The molecule has 0 aromatic heterocycles. The van der Waals surface area contributed by atoms with Gasteiger partial charge in [-0.05, 0) is 43.1 Å². The summed E-state index contributed by atoms with van der Waals surface area (Å²) in [6, 6.07) is 14.5. The van der Waals surface area contributed by atoms with E-state index in [2.05, 4.69) is 19.2 Å². The fourth-order valence-electron chi connectivity index (χ4n) is 1.89. The SMILES string of the molecule is CC(=O)NCCCN.CCCC.Cc1cc(F)cc(OCc2ccccc2)c1. The van der Waals surface area contributed by atoms with Crippen LogP contribution >= 0.6 is 0 Å². The number of benzene rings is 2. The van der Waals surface area contributed by atoms with E-state index >= 15 is 0 Å². The van der Waals surface area contributed by atoms with Gasteiger partial charge in [0.1, 0.15) is 18.2 Å². The number of unbranched alkanes of at least 4 members (excludes halogenated alkanes) is 1. The number of carbonyl (C=O) groups excluding carboxylic acids is 1. The summed E-state index contributed by atoms with van der Waals surface area (Å²) in [5.41, 5.74) is 7.10. The minimum Gasteiger partial charge on any atom is -0.489 e. The van der Waals surface area contributed by atoms with Crippen molar-refractivity contribution < 1.29 is 13.9 Å². The molecule has 28 heavy (non-hydrogen) atoms. The van der Waals surface area contributed by atoms with Crippen molar-refractivity contribution in [1.29, 1.82) is 0 Å². The fraction of sp³-hybridized carbons (Fsp3) is 0.435. The van der Waals surface area contributed by atoms with E-state index in [4.69, 9.17) is 10.5 Å². The zero-order chi connectivity index (χ0) is 21.2. The Balaban J connectivity index is 0.000000511. The lowest BCUT2D eigenvalue weighted by atomic mass is 10.2. The van der Waals surface area contributed by atoms with E-state index in [1.165, 1.54) is 31.9 Å². The Labute approximate surface area is 169 Å². The van der Waals surface area contributed by atoms with Crippen molar-refractivity contribution in [2.24, 2.45) is 5.73 Å². The molecule has 3 N–H and O–H groups in total. The van der Waals surface area contributed by atoms with Crippen LogP contribution in [0.5, 0.6) is 5.75 Å². The second kappa shape index (κ2) is 16.8. The van der Waals surface area contributed by atoms with Gasteiger partial charge in [-0.3, -0.25) is 4.79 Å². The van der Waals surface area contributed by atoms with Gasteiger partial charge in [0.25, 0.3) is 0 Å². The molecule has 0 fully saturated rings. The third-order valence-electron chi connectivity index (χ3n) is 3.52. The Hall–Kier alpha value is -2.40. The highest BCUT2D eigenvalue weighted by molar-refractivity contribution is 5.72. The number of carbonyl (C=O) groups is 1. The maximum atomic E-state index is 13.1. The molecule has 1 amide bonds. The van der Waals surface area contributed by atoms with Crippen molar-refractivity contribution in [3.8, 4) is 5.75 Å². The smallest absolute Gasteiger partial charge is 0.216 e. The first-order chi connectivity index (χ1) is 13.4. The second-order valence-electron chi connectivity index (χ2n) is 6.36. The Bertz CT molecular complexity index is 626. The van der Waals surface area contributed by atoms with Gasteiger partial charge < -0.3 is 15.8 Å². The van der Waals surface area contributed by atoms with Crippen molar-refractivity contribution in [2.75, 3.05) is 13.1 Å². The lowest BCUT2D eigenvalue weighted by molar-refractivity contribution is -0.118. The molecule has 0 atom stereocenters. The van der Waals surface area contributed by atoms with Crippen LogP contribution in [0.1, 0.15) is 51.2 Å². The summed E-state index contributed by atoms with van der Waals surface area (Å²) in [5.74, 6) is 0.322. The van der Waals surface area contributed by atoms with Gasteiger partial charge in [0.15, 0.2) is 0 Å². The Morgan fingerprint density at radius 2 is 1.75 bits per heavy atom. The third kappa shape index (κ3) is 14.7. The first-order valence-corrected chi connectivity index (χ1v) is 9.81. The van der Waals surface area contributed by atoms with Crippen LogP contribution < -0.4 is 15.8 Å². The molecule has 0 aliphatic rings. The van der Waals surface area contributed by atoms with E-state index in [0.717, 1.165) is 17.5 Å². The van der Waals surface area contributed by atoms with Crippen LogP contribution in [0.4, 0.5) is 4.39 Å². The van der Waals surface area contributed by atoms with Crippen LogP contribution in [0.15, 0.2) is 48.5 Å². The highest BCUT2D eigenvalue weighted by atomic mass is 19.1. The predicted octanol–water partition coefficient (Wildman–Crippen LogP) is 4.99. The minimum absolute atomic E-state index is 0.0125. The number of halogens is 1. The van der Waals surface area contributed by atoms with Gasteiger partial charge in [-0.15, -0.1) is 0 Å². The zero-order valence-electron chi connectivity index (χ0n) is 17.6. The van der Waals surface area contributed by atoms with Crippen LogP contribution in [0.3, 0.4) is 0 Å². The molecule has 2 aromatic carbocycles. The number of hydrogen-bond acceptors (Lipinski definition) is 3. The molecule has 0 aliphatic carbocycles. The van der Waals surface area contributed by atoms with E-state index in [1.807, 2.05) is 43.3 Å². The number of amides is 1. The van der Waals surface area contributed by atoms with Crippen LogP contribution in [0.25, 0.3) is 0 Å². The Morgan fingerprint density at radius 3 is 2.25 bits per heavy atom. The first-order valence-electron chi connectivity index (χ1n) is 9.81. The Kier molecular flexibility index (Phi) is 15.3. The highest BCUT2D eigenvalue weighted by Gasteiger charge is 1.99. The van der Waals surface area contributed by atoms with Gasteiger partial charge in [-0.2, -0.15) is 0 Å². The van der Waals surface area contributed by atoms with Gasteiger partial charge in [-0.25, -0.2) is 4.39 Å². The van der Waals surface area contributed by atoms with E-state index in [0.29, 0.717) is 25.4 Å².